The minimum Gasteiger partial charge on any atom is -0.374 e. The molecule has 2 aromatic rings. The maximum Gasteiger partial charge on any atom is 0.158 e. The lowest BCUT2D eigenvalue weighted by atomic mass is 10.2. The van der Waals surface area contributed by atoms with Crippen molar-refractivity contribution in [3.63, 3.8) is 0 Å². The van der Waals surface area contributed by atoms with Gasteiger partial charge in [-0.25, -0.2) is 9.97 Å². The second-order valence-electron chi connectivity index (χ2n) is 4.60. The highest BCUT2D eigenvalue weighted by molar-refractivity contribution is 6.29. The van der Waals surface area contributed by atoms with Crippen molar-refractivity contribution in [2.45, 2.75) is 27.0 Å². The van der Waals surface area contributed by atoms with Gasteiger partial charge in [-0.2, -0.15) is 0 Å². The molecular formula is C16H20ClN3O. The third-order valence-corrected chi connectivity index (χ3v) is 3.28. The van der Waals surface area contributed by atoms with Gasteiger partial charge >= 0.3 is 0 Å². The van der Waals surface area contributed by atoms with Crippen molar-refractivity contribution < 1.29 is 4.74 Å². The van der Waals surface area contributed by atoms with Gasteiger partial charge in [-0.3, -0.25) is 0 Å². The fourth-order valence-electron chi connectivity index (χ4n) is 2.03. The molecule has 0 atom stereocenters. The van der Waals surface area contributed by atoms with Gasteiger partial charge in [-0.1, -0.05) is 41.9 Å². The maximum absolute atomic E-state index is 6.10. The molecule has 0 fully saturated rings. The average Bonchev–Trinajstić information content (AvgIpc) is 2.51. The average molecular weight is 306 g/mol. The Morgan fingerprint density at radius 2 is 1.90 bits per heavy atom. The molecule has 0 saturated heterocycles. The van der Waals surface area contributed by atoms with Crippen LogP contribution in [-0.2, 0) is 17.9 Å². The van der Waals surface area contributed by atoms with Crippen LogP contribution in [0, 0.1) is 0 Å². The lowest BCUT2D eigenvalue weighted by Gasteiger charge is -2.22. The summed E-state index contributed by atoms with van der Waals surface area (Å²) in [6.45, 7) is 6.69. The number of rotatable bonds is 7. The van der Waals surface area contributed by atoms with Crippen LogP contribution >= 0.6 is 11.6 Å². The first-order valence-electron chi connectivity index (χ1n) is 7.13. The quantitative estimate of drug-likeness (QED) is 0.731. The topological polar surface area (TPSA) is 38.2 Å². The van der Waals surface area contributed by atoms with Crippen LogP contribution in [0.15, 0.2) is 36.4 Å². The zero-order valence-corrected chi connectivity index (χ0v) is 13.2. The van der Waals surface area contributed by atoms with Crippen molar-refractivity contribution in [2.24, 2.45) is 0 Å². The van der Waals surface area contributed by atoms with Crippen LogP contribution in [0.5, 0.6) is 0 Å². The van der Waals surface area contributed by atoms with Gasteiger partial charge in [0, 0.05) is 25.8 Å². The Hall–Kier alpha value is -1.65. The van der Waals surface area contributed by atoms with Crippen molar-refractivity contribution in [3.05, 3.63) is 52.9 Å². The van der Waals surface area contributed by atoms with Crippen LogP contribution in [0.2, 0.25) is 5.15 Å². The van der Waals surface area contributed by atoms with Crippen molar-refractivity contribution in [1.29, 1.82) is 0 Å². The van der Waals surface area contributed by atoms with E-state index in [1.807, 2.05) is 25.1 Å². The van der Waals surface area contributed by atoms with Crippen LogP contribution in [0.25, 0.3) is 0 Å². The fraction of sp³-hybridized carbons (Fsp3) is 0.375. The number of hydrogen-bond donors (Lipinski definition) is 0. The van der Waals surface area contributed by atoms with E-state index in [-0.39, 0.29) is 0 Å². The summed E-state index contributed by atoms with van der Waals surface area (Å²) in [6.07, 6.45) is 0. The van der Waals surface area contributed by atoms with E-state index in [2.05, 4.69) is 33.9 Å². The first kappa shape index (κ1) is 15.7. The molecule has 0 N–H and O–H groups in total. The van der Waals surface area contributed by atoms with Gasteiger partial charge in [0.15, 0.2) is 5.82 Å². The predicted molar refractivity (Wildman–Crippen MR) is 85.5 cm³/mol. The zero-order chi connectivity index (χ0) is 15.1. The Bertz CT molecular complexity index is 563. The summed E-state index contributed by atoms with van der Waals surface area (Å²) in [5.74, 6) is 1.45. The van der Waals surface area contributed by atoms with Gasteiger partial charge in [0.2, 0.25) is 0 Å². The van der Waals surface area contributed by atoms with E-state index >= 15 is 0 Å². The highest BCUT2D eigenvalue weighted by atomic mass is 35.5. The highest BCUT2D eigenvalue weighted by Gasteiger charge is 2.10. The second-order valence-corrected chi connectivity index (χ2v) is 4.99. The fourth-order valence-corrected chi connectivity index (χ4v) is 2.23. The van der Waals surface area contributed by atoms with Gasteiger partial charge in [0.05, 0.1) is 0 Å². The molecule has 0 amide bonds. The summed E-state index contributed by atoms with van der Waals surface area (Å²) in [4.78, 5) is 10.9. The molecule has 0 aliphatic rings. The molecule has 112 valence electrons. The molecule has 0 bridgehead atoms. The summed E-state index contributed by atoms with van der Waals surface area (Å²) >= 11 is 6.10. The van der Waals surface area contributed by atoms with Crippen LogP contribution in [-0.4, -0.2) is 23.1 Å². The Labute approximate surface area is 130 Å². The lowest BCUT2D eigenvalue weighted by molar-refractivity contribution is 0.128. The first-order valence-corrected chi connectivity index (χ1v) is 7.50. The summed E-state index contributed by atoms with van der Waals surface area (Å²) in [5, 5.41) is 0.446. The summed E-state index contributed by atoms with van der Waals surface area (Å²) < 4.78 is 5.36. The van der Waals surface area contributed by atoms with Crippen LogP contribution in [0.4, 0.5) is 5.82 Å². The molecule has 0 unspecified atom stereocenters. The molecule has 1 aromatic carbocycles. The third kappa shape index (κ3) is 4.69. The molecule has 2 rings (SSSR count). The van der Waals surface area contributed by atoms with E-state index in [1.165, 1.54) is 5.56 Å². The van der Waals surface area contributed by atoms with E-state index in [0.717, 1.165) is 18.9 Å². The molecule has 0 aliphatic heterocycles. The van der Waals surface area contributed by atoms with Gasteiger partial charge < -0.3 is 9.64 Å². The normalized spacial score (nSPS) is 10.6. The Kier molecular flexibility index (Phi) is 5.96. The lowest BCUT2D eigenvalue weighted by Crippen LogP contribution is -2.23. The monoisotopic (exact) mass is 305 g/mol. The van der Waals surface area contributed by atoms with Crippen molar-refractivity contribution in [3.8, 4) is 0 Å². The van der Waals surface area contributed by atoms with E-state index < -0.39 is 0 Å². The largest absolute Gasteiger partial charge is 0.374 e. The Morgan fingerprint density at radius 1 is 1.14 bits per heavy atom. The smallest absolute Gasteiger partial charge is 0.158 e. The predicted octanol–water partition coefficient (Wildman–Crippen LogP) is 3.69. The van der Waals surface area contributed by atoms with E-state index in [9.17, 15) is 0 Å². The van der Waals surface area contributed by atoms with Crippen LogP contribution in [0.1, 0.15) is 25.2 Å². The van der Waals surface area contributed by atoms with Crippen molar-refractivity contribution in [1.82, 2.24) is 9.97 Å². The molecule has 21 heavy (non-hydrogen) atoms. The minimum absolute atomic E-state index is 0.382. The van der Waals surface area contributed by atoms with Crippen LogP contribution in [0.3, 0.4) is 0 Å². The molecule has 5 heteroatoms. The van der Waals surface area contributed by atoms with Gasteiger partial charge in [0.25, 0.3) is 0 Å². The Morgan fingerprint density at radius 3 is 2.57 bits per heavy atom. The number of anilines is 1. The van der Waals surface area contributed by atoms with E-state index in [1.54, 1.807) is 6.07 Å². The molecule has 1 heterocycles. The molecule has 4 nitrogen and oxygen atoms in total. The minimum atomic E-state index is 0.382. The zero-order valence-electron chi connectivity index (χ0n) is 12.4. The number of nitrogens with zero attached hydrogens (tertiary/aromatic N) is 3. The number of aromatic nitrogens is 2. The molecule has 0 saturated carbocycles. The van der Waals surface area contributed by atoms with Crippen molar-refractivity contribution in [2.75, 3.05) is 18.1 Å². The molecule has 0 spiro atoms. The van der Waals surface area contributed by atoms with E-state index in [0.29, 0.717) is 24.2 Å². The highest BCUT2D eigenvalue weighted by Crippen LogP contribution is 2.18. The van der Waals surface area contributed by atoms with E-state index in [4.69, 9.17) is 16.3 Å². The molecule has 0 aliphatic carbocycles. The second kappa shape index (κ2) is 7.96. The van der Waals surface area contributed by atoms with Gasteiger partial charge in [-0.15, -0.1) is 0 Å². The standard InChI is InChI=1S/C16H20ClN3O/c1-3-20(11-13-8-6-5-7-9-13)16-10-14(17)18-15(19-16)12-21-4-2/h5-10H,3-4,11-12H2,1-2H3. The maximum atomic E-state index is 6.10. The summed E-state index contributed by atoms with van der Waals surface area (Å²) in [5.41, 5.74) is 1.24. The molecule has 1 aromatic heterocycles. The summed E-state index contributed by atoms with van der Waals surface area (Å²) in [7, 11) is 0. The molecular weight excluding hydrogens is 286 g/mol. The van der Waals surface area contributed by atoms with Crippen molar-refractivity contribution >= 4 is 17.4 Å². The first-order chi connectivity index (χ1) is 10.2. The summed E-state index contributed by atoms with van der Waals surface area (Å²) in [6, 6.07) is 12.1. The number of hydrogen-bond acceptors (Lipinski definition) is 4. The number of ether oxygens (including phenoxy) is 1. The number of halogens is 1. The van der Waals surface area contributed by atoms with Gasteiger partial charge in [-0.05, 0) is 19.4 Å². The SMILES string of the molecule is CCOCc1nc(Cl)cc(N(CC)Cc2ccccc2)n1. The van der Waals surface area contributed by atoms with Crippen LogP contribution < -0.4 is 4.90 Å². The number of benzene rings is 1. The third-order valence-electron chi connectivity index (χ3n) is 3.08. The van der Waals surface area contributed by atoms with Gasteiger partial charge in [0.1, 0.15) is 17.6 Å². The Balaban J connectivity index is 2.19. The molecule has 0 radical (unpaired) electrons.